The van der Waals surface area contributed by atoms with Gasteiger partial charge in [0.15, 0.2) is 0 Å². The first kappa shape index (κ1) is 16.7. The van der Waals surface area contributed by atoms with Crippen LogP contribution in [0.15, 0.2) is 47.5 Å². The van der Waals surface area contributed by atoms with Gasteiger partial charge in [-0.25, -0.2) is 4.98 Å². The van der Waals surface area contributed by atoms with Gasteiger partial charge >= 0.3 is 5.51 Å². The highest BCUT2D eigenvalue weighted by molar-refractivity contribution is 8.00. The van der Waals surface area contributed by atoms with E-state index in [0.717, 1.165) is 0 Å². The number of fused-ring (bicyclic) bond motifs is 1. The summed E-state index contributed by atoms with van der Waals surface area (Å²) in [6.45, 7) is 3.67. The molecule has 1 aliphatic heterocycles. The molecular formula is C17H14F3NO2S. The Morgan fingerprint density at radius 2 is 1.92 bits per heavy atom. The number of alkyl halides is 3. The molecular weight excluding hydrogens is 339 g/mol. The number of hydrogen-bond donors (Lipinski definition) is 1. The molecule has 1 aliphatic rings. The summed E-state index contributed by atoms with van der Waals surface area (Å²) in [6.07, 6.45) is 3.22. The van der Waals surface area contributed by atoms with E-state index in [1.54, 1.807) is 18.2 Å². The van der Waals surface area contributed by atoms with Crippen LogP contribution in [-0.4, -0.2) is 21.2 Å². The summed E-state index contributed by atoms with van der Waals surface area (Å²) in [5.41, 5.74) is -3.50. The molecule has 1 N–H and O–H groups in total. The standard InChI is InChI=1S/C17H14F3NO2S/c1-16(2)9-13(11-4-3-7-21-15(11)22)12-8-10(24-17(18,19)20)5-6-14(12)23-16/h3-9H,1-2H3,(H,21,22). The molecule has 2 aromatic rings. The van der Waals surface area contributed by atoms with Crippen LogP contribution < -0.4 is 4.74 Å². The minimum absolute atomic E-state index is 0.0545. The van der Waals surface area contributed by atoms with Gasteiger partial charge in [-0.3, -0.25) is 0 Å². The second-order valence-corrected chi connectivity index (χ2v) is 6.98. The molecule has 3 nitrogen and oxygen atoms in total. The number of halogens is 3. The molecule has 0 unspecified atom stereocenters. The molecule has 0 bridgehead atoms. The molecule has 24 heavy (non-hydrogen) atoms. The summed E-state index contributed by atoms with van der Waals surface area (Å²) in [5.74, 6) is 0.286. The van der Waals surface area contributed by atoms with Crippen LogP contribution in [-0.2, 0) is 0 Å². The van der Waals surface area contributed by atoms with E-state index in [9.17, 15) is 18.3 Å². The highest BCUT2D eigenvalue weighted by Gasteiger charge is 2.32. The molecule has 0 radical (unpaired) electrons. The first-order chi connectivity index (χ1) is 11.1. The molecule has 126 valence electrons. The molecule has 0 amide bonds. The molecule has 2 heterocycles. The normalized spacial score (nSPS) is 16.1. The van der Waals surface area contributed by atoms with Crippen molar-refractivity contribution >= 4 is 17.3 Å². The number of ether oxygens (including phenoxy) is 1. The Morgan fingerprint density at radius 1 is 1.17 bits per heavy atom. The fourth-order valence-corrected chi connectivity index (χ4v) is 3.15. The lowest BCUT2D eigenvalue weighted by atomic mass is 9.90. The third kappa shape index (κ3) is 3.51. The van der Waals surface area contributed by atoms with Crippen molar-refractivity contribution in [3.8, 4) is 11.6 Å². The minimum atomic E-state index is -4.37. The fourth-order valence-electron chi connectivity index (χ4n) is 2.57. The Kier molecular flexibility index (Phi) is 3.99. The van der Waals surface area contributed by atoms with Gasteiger partial charge in [0, 0.05) is 22.2 Å². The number of aromatic nitrogens is 1. The van der Waals surface area contributed by atoms with Crippen LogP contribution in [0.1, 0.15) is 25.0 Å². The van der Waals surface area contributed by atoms with E-state index in [2.05, 4.69) is 4.98 Å². The largest absolute Gasteiger partial charge is 0.493 e. The Morgan fingerprint density at radius 3 is 2.58 bits per heavy atom. The maximum atomic E-state index is 12.6. The van der Waals surface area contributed by atoms with E-state index in [1.807, 2.05) is 13.8 Å². The van der Waals surface area contributed by atoms with Crippen LogP contribution in [0.2, 0.25) is 0 Å². The average molecular weight is 353 g/mol. The molecule has 0 aliphatic carbocycles. The van der Waals surface area contributed by atoms with Gasteiger partial charge in [0.05, 0.1) is 0 Å². The smallest absolute Gasteiger partial charge is 0.446 e. The topological polar surface area (TPSA) is 42.4 Å². The SMILES string of the molecule is CC1(C)C=C(c2cccnc2O)c2cc(SC(F)(F)F)ccc2O1. The van der Waals surface area contributed by atoms with Crippen LogP contribution in [0, 0.1) is 0 Å². The predicted octanol–water partition coefficient (Wildman–Crippen LogP) is 5.00. The highest BCUT2D eigenvalue weighted by Crippen LogP contribution is 2.45. The minimum Gasteiger partial charge on any atom is -0.493 e. The molecule has 0 saturated carbocycles. The van der Waals surface area contributed by atoms with E-state index < -0.39 is 11.1 Å². The quantitative estimate of drug-likeness (QED) is 0.772. The molecule has 0 atom stereocenters. The van der Waals surface area contributed by atoms with Crippen LogP contribution in [0.25, 0.3) is 5.57 Å². The molecule has 3 rings (SSSR count). The number of nitrogens with zero attached hydrogens (tertiary/aromatic N) is 1. The van der Waals surface area contributed by atoms with Crippen LogP contribution in [0.5, 0.6) is 11.6 Å². The van der Waals surface area contributed by atoms with Crippen molar-refractivity contribution in [1.82, 2.24) is 4.98 Å². The molecule has 1 aromatic heterocycles. The third-order valence-electron chi connectivity index (χ3n) is 3.42. The number of aromatic hydroxyl groups is 1. The van der Waals surface area contributed by atoms with Crippen molar-refractivity contribution in [2.75, 3.05) is 0 Å². The monoisotopic (exact) mass is 353 g/mol. The predicted molar refractivity (Wildman–Crippen MR) is 86.0 cm³/mol. The van der Waals surface area contributed by atoms with Gasteiger partial charge in [0.25, 0.3) is 0 Å². The van der Waals surface area contributed by atoms with E-state index in [4.69, 9.17) is 4.74 Å². The zero-order chi connectivity index (χ0) is 17.5. The van der Waals surface area contributed by atoms with Gasteiger partial charge in [0.2, 0.25) is 5.88 Å². The van der Waals surface area contributed by atoms with Crippen LogP contribution >= 0.6 is 11.8 Å². The van der Waals surface area contributed by atoms with Gasteiger partial charge in [-0.05, 0) is 67.6 Å². The van der Waals surface area contributed by atoms with E-state index in [0.29, 0.717) is 22.4 Å². The summed E-state index contributed by atoms with van der Waals surface area (Å²) < 4.78 is 43.8. The van der Waals surface area contributed by atoms with E-state index >= 15 is 0 Å². The average Bonchev–Trinajstić information content (AvgIpc) is 2.45. The molecule has 0 fully saturated rings. The second-order valence-electron chi connectivity index (χ2n) is 5.84. The maximum absolute atomic E-state index is 12.6. The number of pyridine rings is 1. The fraction of sp³-hybridized carbons (Fsp3) is 0.235. The molecule has 7 heteroatoms. The van der Waals surface area contributed by atoms with E-state index in [1.165, 1.54) is 24.4 Å². The van der Waals surface area contributed by atoms with Crippen LogP contribution in [0.4, 0.5) is 13.2 Å². The number of thioether (sulfide) groups is 1. The maximum Gasteiger partial charge on any atom is 0.446 e. The van der Waals surface area contributed by atoms with Gasteiger partial charge in [-0.15, -0.1) is 0 Å². The van der Waals surface area contributed by atoms with Gasteiger partial charge in [-0.2, -0.15) is 13.2 Å². The molecule has 0 spiro atoms. The summed E-state index contributed by atoms with van der Waals surface area (Å²) in [4.78, 5) is 3.90. The molecule has 0 saturated heterocycles. The van der Waals surface area contributed by atoms with Crippen molar-refractivity contribution in [3.63, 3.8) is 0 Å². The number of benzene rings is 1. The lowest BCUT2D eigenvalue weighted by Gasteiger charge is -2.31. The third-order valence-corrected chi connectivity index (χ3v) is 4.14. The Labute approximate surface area is 141 Å². The van der Waals surface area contributed by atoms with Gasteiger partial charge in [-0.1, -0.05) is 0 Å². The number of hydrogen-bond acceptors (Lipinski definition) is 4. The Bertz CT molecular complexity index is 816. The summed E-state index contributed by atoms with van der Waals surface area (Å²) >= 11 is -0.186. The van der Waals surface area contributed by atoms with Crippen molar-refractivity contribution in [2.24, 2.45) is 0 Å². The lowest BCUT2D eigenvalue weighted by Crippen LogP contribution is -2.29. The Balaban J connectivity index is 2.14. The summed E-state index contributed by atoms with van der Waals surface area (Å²) in [5, 5.41) is 10.0. The van der Waals surface area contributed by atoms with Gasteiger partial charge in [0.1, 0.15) is 11.4 Å². The van der Waals surface area contributed by atoms with Crippen LogP contribution in [0.3, 0.4) is 0 Å². The Hall–Kier alpha value is -2.15. The first-order valence-electron chi connectivity index (χ1n) is 7.11. The van der Waals surface area contributed by atoms with E-state index in [-0.39, 0.29) is 22.5 Å². The van der Waals surface area contributed by atoms with Crippen molar-refractivity contribution in [1.29, 1.82) is 0 Å². The zero-order valence-electron chi connectivity index (χ0n) is 12.9. The molecule has 1 aromatic carbocycles. The van der Waals surface area contributed by atoms with Gasteiger partial charge < -0.3 is 9.84 Å². The van der Waals surface area contributed by atoms with Crippen molar-refractivity contribution < 1.29 is 23.0 Å². The van der Waals surface area contributed by atoms with Crippen molar-refractivity contribution in [2.45, 2.75) is 29.9 Å². The number of rotatable bonds is 2. The lowest BCUT2D eigenvalue weighted by molar-refractivity contribution is -0.0328. The van der Waals surface area contributed by atoms with Crippen molar-refractivity contribution in [3.05, 3.63) is 53.7 Å². The zero-order valence-corrected chi connectivity index (χ0v) is 13.7. The highest BCUT2D eigenvalue weighted by atomic mass is 32.2. The summed E-state index contributed by atoms with van der Waals surface area (Å²) in [7, 11) is 0. The second kappa shape index (κ2) is 5.73. The summed E-state index contributed by atoms with van der Waals surface area (Å²) in [6, 6.07) is 7.64. The first-order valence-corrected chi connectivity index (χ1v) is 7.93.